The van der Waals surface area contributed by atoms with E-state index in [1.165, 1.54) is 0 Å². The molecule has 1 N–H and O–H groups in total. The Kier molecular flexibility index (Phi) is 2.78. The van der Waals surface area contributed by atoms with Crippen LogP contribution in [0.5, 0.6) is 5.75 Å². The maximum atomic E-state index is 11.9. The minimum absolute atomic E-state index is 0.0323. The largest absolute Gasteiger partial charge is 0.491 e. The van der Waals surface area contributed by atoms with Crippen LogP contribution in [0, 0.1) is 0 Å². The summed E-state index contributed by atoms with van der Waals surface area (Å²) in [6.07, 6.45) is 1.64. The van der Waals surface area contributed by atoms with Gasteiger partial charge in [0.15, 0.2) is 0 Å². The van der Waals surface area contributed by atoms with Crippen LogP contribution in [-0.4, -0.2) is 11.6 Å². The molecule has 0 saturated carbocycles. The first-order chi connectivity index (χ1) is 8.99. The van der Waals surface area contributed by atoms with Crippen molar-refractivity contribution in [3.8, 4) is 16.9 Å². The molecule has 3 nitrogen and oxygen atoms in total. The Balaban J connectivity index is 2.24. The van der Waals surface area contributed by atoms with Crippen molar-refractivity contribution in [2.45, 2.75) is 19.3 Å². The van der Waals surface area contributed by atoms with Crippen molar-refractivity contribution >= 4 is 15.9 Å². The van der Waals surface area contributed by atoms with Gasteiger partial charge >= 0.3 is 0 Å². The predicted molar refractivity (Wildman–Crippen MR) is 78.7 cm³/mol. The van der Waals surface area contributed by atoms with Gasteiger partial charge in [0.25, 0.3) is 5.56 Å². The molecule has 4 heteroatoms. The topological polar surface area (TPSA) is 42.1 Å². The summed E-state index contributed by atoms with van der Waals surface area (Å²) in [5.41, 5.74) is 2.61. The summed E-state index contributed by atoms with van der Waals surface area (Å²) in [5.74, 6) is 0.890. The van der Waals surface area contributed by atoms with E-state index in [4.69, 9.17) is 4.74 Å². The van der Waals surface area contributed by atoms with Gasteiger partial charge in [0, 0.05) is 22.7 Å². The van der Waals surface area contributed by atoms with Crippen LogP contribution in [0.4, 0.5) is 0 Å². The second-order valence-corrected chi connectivity index (χ2v) is 6.27. The number of fused-ring (bicyclic) bond motifs is 1. The van der Waals surface area contributed by atoms with Crippen molar-refractivity contribution in [3.05, 3.63) is 50.9 Å². The zero-order valence-electron chi connectivity index (χ0n) is 10.8. The molecule has 1 aromatic heterocycles. The number of rotatable bonds is 1. The number of nitrogens with one attached hydrogen (secondary N) is 1. The molecular formula is C15H14BrNO2. The predicted octanol–water partition coefficient (Wildman–Crippen LogP) is 3.47. The lowest BCUT2D eigenvalue weighted by Crippen LogP contribution is -2.18. The zero-order chi connectivity index (χ0) is 13.6. The average Bonchev–Trinajstić information content (AvgIpc) is 2.66. The maximum Gasteiger partial charge on any atom is 0.255 e. The Morgan fingerprint density at radius 3 is 2.89 bits per heavy atom. The van der Waals surface area contributed by atoms with Crippen molar-refractivity contribution in [3.63, 3.8) is 0 Å². The molecule has 1 aromatic carbocycles. The molecule has 2 heterocycles. The highest BCUT2D eigenvalue weighted by Crippen LogP contribution is 2.44. The SMILES string of the molecule is CC1(C)COc2c(Br)cc(-c3ccc[nH]c3=O)cc21. The molecule has 1 aliphatic rings. The summed E-state index contributed by atoms with van der Waals surface area (Å²) in [6, 6.07) is 7.65. The van der Waals surface area contributed by atoms with E-state index in [1.807, 2.05) is 18.2 Å². The van der Waals surface area contributed by atoms with E-state index < -0.39 is 0 Å². The van der Waals surface area contributed by atoms with Gasteiger partial charge in [-0.1, -0.05) is 13.8 Å². The van der Waals surface area contributed by atoms with Gasteiger partial charge < -0.3 is 9.72 Å². The number of hydrogen-bond acceptors (Lipinski definition) is 2. The summed E-state index contributed by atoms with van der Waals surface area (Å²) in [7, 11) is 0. The minimum atomic E-state index is -0.0777. The van der Waals surface area contributed by atoms with Crippen LogP contribution < -0.4 is 10.3 Å². The quantitative estimate of drug-likeness (QED) is 0.874. The van der Waals surface area contributed by atoms with E-state index in [9.17, 15) is 4.79 Å². The molecule has 0 aliphatic carbocycles. The first-order valence-electron chi connectivity index (χ1n) is 6.14. The van der Waals surface area contributed by atoms with Crippen molar-refractivity contribution < 1.29 is 4.74 Å². The van der Waals surface area contributed by atoms with Gasteiger partial charge in [-0.2, -0.15) is 0 Å². The smallest absolute Gasteiger partial charge is 0.255 e. The molecule has 0 bridgehead atoms. The fourth-order valence-electron chi connectivity index (χ4n) is 2.38. The molecule has 19 heavy (non-hydrogen) atoms. The molecule has 0 spiro atoms. The molecule has 0 saturated heterocycles. The fourth-order valence-corrected chi connectivity index (χ4v) is 2.95. The number of halogens is 1. The molecule has 2 aromatic rings. The van der Waals surface area contributed by atoms with Gasteiger partial charge in [-0.25, -0.2) is 0 Å². The maximum absolute atomic E-state index is 11.9. The third-order valence-corrected chi connectivity index (χ3v) is 4.07. The van der Waals surface area contributed by atoms with Crippen molar-refractivity contribution in [2.24, 2.45) is 0 Å². The number of pyridine rings is 1. The summed E-state index contributed by atoms with van der Waals surface area (Å²) in [4.78, 5) is 14.6. The second-order valence-electron chi connectivity index (χ2n) is 5.42. The van der Waals surface area contributed by atoms with Crippen molar-refractivity contribution in [2.75, 3.05) is 6.61 Å². The molecular weight excluding hydrogens is 306 g/mol. The summed E-state index contributed by atoms with van der Waals surface area (Å²) < 4.78 is 6.63. The van der Waals surface area contributed by atoms with Gasteiger partial charge in [0.05, 0.1) is 11.1 Å². The third kappa shape index (κ3) is 2.00. The average molecular weight is 320 g/mol. The Morgan fingerprint density at radius 1 is 1.37 bits per heavy atom. The first-order valence-corrected chi connectivity index (χ1v) is 6.93. The van der Waals surface area contributed by atoms with Crippen LogP contribution in [0.3, 0.4) is 0 Å². The monoisotopic (exact) mass is 319 g/mol. The minimum Gasteiger partial charge on any atom is -0.491 e. The highest BCUT2D eigenvalue weighted by molar-refractivity contribution is 9.10. The van der Waals surface area contributed by atoms with Gasteiger partial charge in [0.2, 0.25) is 0 Å². The van der Waals surface area contributed by atoms with Crippen LogP contribution in [0.25, 0.3) is 11.1 Å². The lowest BCUT2D eigenvalue weighted by Gasteiger charge is -2.16. The lowest BCUT2D eigenvalue weighted by molar-refractivity contribution is 0.290. The van der Waals surface area contributed by atoms with Crippen LogP contribution in [0.15, 0.2) is 39.7 Å². The first kappa shape index (κ1) is 12.5. The van der Waals surface area contributed by atoms with Gasteiger partial charge in [0.1, 0.15) is 5.75 Å². The van der Waals surface area contributed by atoms with Gasteiger partial charge in [-0.05, 0) is 45.8 Å². The molecule has 1 aliphatic heterocycles. The van der Waals surface area contributed by atoms with E-state index in [-0.39, 0.29) is 11.0 Å². The number of benzene rings is 1. The van der Waals surface area contributed by atoms with Gasteiger partial charge in [-0.15, -0.1) is 0 Å². The molecule has 0 unspecified atom stereocenters. The van der Waals surface area contributed by atoms with Crippen LogP contribution in [-0.2, 0) is 5.41 Å². The van der Waals surface area contributed by atoms with E-state index in [1.54, 1.807) is 6.20 Å². The van der Waals surface area contributed by atoms with E-state index in [2.05, 4.69) is 40.8 Å². The third-order valence-electron chi connectivity index (χ3n) is 3.48. The molecule has 3 rings (SSSR count). The van der Waals surface area contributed by atoms with Crippen molar-refractivity contribution in [1.82, 2.24) is 4.98 Å². The Bertz CT molecular complexity index is 704. The highest BCUT2D eigenvalue weighted by atomic mass is 79.9. The lowest BCUT2D eigenvalue weighted by atomic mass is 9.85. The van der Waals surface area contributed by atoms with E-state index >= 15 is 0 Å². The molecule has 0 fully saturated rings. The van der Waals surface area contributed by atoms with Crippen LogP contribution in [0.1, 0.15) is 19.4 Å². The van der Waals surface area contributed by atoms with Gasteiger partial charge in [-0.3, -0.25) is 4.79 Å². The summed E-state index contributed by atoms with van der Waals surface area (Å²) in [6.45, 7) is 4.95. The normalized spacial score (nSPS) is 15.9. The number of aromatic amines is 1. The molecule has 0 amide bonds. The zero-order valence-corrected chi connectivity index (χ0v) is 12.4. The van der Waals surface area contributed by atoms with E-state index in [0.29, 0.717) is 12.2 Å². The summed E-state index contributed by atoms with van der Waals surface area (Å²) in [5, 5.41) is 0. The Hall–Kier alpha value is -1.55. The van der Waals surface area contributed by atoms with Crippen LogP contribution in [0.2, 0.25) is 0 Å². The standard InChI is InChI=1S/C15H14BrNO2/c1-15(2)8-19-13-11(15)6-9(7-12(13)16)10-4-3-5-17-14(10)18/h3-7H,8H2,1-2H3,(H,17,18). The molecule has 98 valence electrons. The second kappa shape index (κ2) is 4.23. The number of aromatic nitrogens is 1. The van der Waals surface area contributed by atoms with Crippen molar-refractivity contribution in [1.29, 1.82) is 0 Å². The highest BCUT2D eigenvalue weighted by Gasteiger charge is 2.33. The molecule has 0 radical (unpaired) electrons. The van der Waals surface area contributed by atoms with E-state index in [0.717, 1.165) is 21.3 Å². The number of H-pyrrole nitrogens is 1. The van der Waals surface area contributed by atoms with Crippen LogP contribution >= 0.6 is 15.9 Å². The summed E-state index contributed by atoms with van der Waals surface area (Å²) >= 11 is 3.53. The fraction of sp³-hybridized carbons (Fsp3) is 0.267. The number of hydrogen-bond donors (Lipinski definition) is 1. The Labute approximate surface area is 119 Å². The molecule has 0 atom stereocenters. The number of ether oxygens (including phenoxy) is 1. The Morgan fingerprint density at radius 2 is 2.16 bits per heavy atom.